The molecule has 3 aromatic rings. The zero-order valence-electron chi connectivity index (χ0n) is 15.3. The smallest absolute Gasteiger partial charge is 0.407 e. The van der Waals surface area contributed by atoms with Crippen molar-refractivity contribution in [2.24, 2.45) is 13.0 Å². The number of nitrogens with zero attached hydrogens (tertiary/aromatic N) is 2. The minimum atomic E-state index is -0.455. The molecule has 7 heteroatoms. The number of hydrogen-bond acceptors (Lipinski definition) is 5. The van der Waals surface area contributed by atoms with Crippen LogP contribution < -0.4 is 11.1 Å². The molecule has 1 aromatic carbocycles. The van der Waals surface area contributed by atoms with Crippen LogP contribution in [0, 0.1) is 5.92 Å². The minimum absolute atomic E-state index is 0.184. The van der Waals surface area contributed by atoms with E-state index in [-0.39, 0.29) is 5.91 Å². The Labute approximate surface area is 161 Å². The Hall–Kier alpha value is -2.38. The number of carbonyl (C=O) groups is 1. The molecule has 0 unspecified atom stereocenters. The number of oxazole rings is 1. The van der Waals surface area contributed by atoms with Crippen LogP contribution in [0.15, 0.2) is 44.9 Å². The van der Waals surface area contributed by atoms with Gasteiger partial charge < -0.3 is 9.73 Å². The molecule has 1 saturated heterocycles. The van der Waals surface area contributed by atoms with Gasteiger partial charge in [0.2, 0.25) is 0 Å². The molecule has 0 radical (unpaired) electrons. The van der Waals surface area contributed by atoms with Crippen molar-refractivity contribution >= 4 is 28.3 Å². The van der Waals surface area contributed by atoms with Crippen LogP contribution >= 0.6 is 11.3 Å². The number of benzene rings is 1. The Balaban J connectivity index is 1.33. The maximum absolute atomic E-state index is 12.6. The number of amides is 1. The van der Waals surface area contributed by atoms with E-state index in [0.717, 1.165) is 32.5 Å². The van der Waals surface area contributed by atoms with E-state index in [1.54, 1.807) is 36.6 Å². The van der Waals surface area contributed by atoms with Crippen molar-refractivity contribution in [2.75, 3.05) is 19.6 Å². The largest absolute Gasteiger partial charge is 0.419 e. The molecule has 0 aliphatic carbocycles. The van der Waals surface area contributed by atoms with Crippen LogP contribution in [0.3, 0.4) is 0 Å². The zero-order valence-corrected chi connectivity index (χ0v) is 16.1. The first-order valence-electron chi connectivity index (χ1n) is 9.23. The fourth-order valence-corrected chi connectivity index (χ4v) is 4.38. The fourth-order valence-electron chi connectivity index (χ4n) is 3.63. The van der Waals surface area contributed by atoms with E-state index in [2.05, 4.69) is 27.7 Å². The van der Waals surface area contributed by atoms with Gasteiger partial charge in [-0.05, 0) is 55.4 Å². The van der Waals surface area contributed by atoms with Crippen molar-refractivity contribution in [3.63, 3.8) is 0 Å². The Bertz CT molecular complexity index is 982. The summed E-state index contributed by atoms with van der Waals surface area (Å²) in [7, 11) is 1.64. The van der Waals surface area contributed by atoms with E-state index in [9.17, 15) is 9.59 Å². The van der Waals surface area contributed by atoms with E-state index < -0.39 is 5.76 Å². The molecule has 2 aromatic heterocycles. The van der Waals surface area contributed by atoms with Gasteiger partial charge in [-0.25, -0.2) is 4.79 Å². The second-order valence-electron chi connectivity index (χ2n) is 7.09. The average Bonchev–Trinajstić information content (AvgIpc) is 3.29. The number of nitrogens with one attached hydrogen (secondary N) is 1. The number of piperidine rings is 1. The number of fused-ring (bicyclic) bond motifs is 1. The lowest BCUT2D eigenvalue weighted by atomic mass is 9.96. The average molecular weight is 385 g/mol. The van der Waals surface area contributed by atoms with Crippen LogP contribution in [-0.2, 0) is 13.6 Å². The number of rotatable bonds is 5. The fraction of sp³-hybridized carbons (Fsp3) is 0.400. The van der Waals surface area contributed by atoms with Crippen molar-refractivity contribution in [2.45, 2.75) is 19.4 Å². The van der Waals surface area contributed by atoms with E-state index in [1.807, 2.05) is 0 Å². The molecule has 0 bridgehead atoms. The molecular formula is C20H23N3O3S. The first-order valence-corrected chi connectivity index (χ1v) is 10.1. The Morgan fingerprint density at radius 1 is 1.26 bits per heavy atom. The molecule has 1 aliphatic rings. The van der Waals surface area contributed by atoms with Crippen LogP contribution in [0.25, 0.3) is 11.1 Å². The molecule has 0 atom stereocenters. The van der Waals surface area contributed by atoms with E-state index in [4.69, 9.17) is 4.42 Å². The number of carbonyl (C=O) groups excluding carboxylic acids is 1. The molecule has 1 fully saturated rings. The summed E-state index contributed by atoms with van der Waals surface area (Å²) in [5.74, 6) is -0.158. The number of para-hydroxylation sites is 1. The molecule has 1 aliphatic heterocycles. The highest BCUT2D eigenvalue weighted by molar-refractivity contribution is 7.09. The molecule has 142 valence electrons. The van der Waals surface area contributed by atoms with Crippen LogP contribution in [0.2, 0.25) is 0 Å². The summed E-state index contributed by atoms with van der Waals surface area (Å²) in [6, 6.07) is 9.52. The highest BCUT2D eigenvalue weighted by atomic mass is 32.1. The maximum atomic E-state index is 12.6. The Morgan fingerprint density at radius 2 is 2.07 bits per heavy atom. The van der Waals surface area contributed by atoms with E-state index in [0.29, 0.717) is 29.1 Å². The second-order valence-corrected chi connectivity index (χ2v) is 8.12. The lowest BCUT2D eigenvalue weighted by molar-refractivity contribution is 0.0936. The number of hydrogen-bond donors (Lipinski definition) is 1. The number of thiophene rings is 1. The SMILES string of the molecule is Cn1c(=O)oc2c(C(=O)NCC3CCN(Cc4cccs4)CC3)cccc21. The molecule has 0 saturated carbocycles. The van der Waals surface area contributed by atoms with Gasteiger partial charge in [0.25, 0.3) is 5.91 Å². The molecule has 27 heavy (non-hydrogen) atoms. The van der Waals surface area contributed by atoms with Crippen molar-refractivity contribution in [1.29, 1.82) is 0 Å². The Kier molecular flexibility index (Phi) is 5.13. The normalized spacial score (nSPS) is 16.0. The van der Waals surface area contributed by atoms with Gasteiger partial charge in [-0.3, -0.25) is 14.3 Å². The molecular weight excluding hydrogens is 362 g/mol. The molecule has 1 amide bonds. The standard InChI is InChI=1S/C20H23N3O3S/c1-22-17-6-2-5-16(18(17)26-20(22)25)19(24)21-12-14-7-9-23(10-8-14)13-15-4-3-11-27-15/h2-6,11,14H,7-10,12-13H2,1H3,(H,21,24). The summed E-state index contributed by atoms with van der Waals surface area (Å²) < 4.78 is 6.66. The third-order valence-corrected chi connectivity index (χ3v) is 6.14. The van der Waals surface area contributed by atoms with Crippen LogP contribution in [0.4, 0.5) is 0 Å². The minimum Gasteiger partial charge on any atom is -0.407 e. The summed E-state index contributed by atoms with van der Waals surface area (Å²) >= 11 is 1.80. The van der Waals surface area contributed by atoms with E-state index in [1.165, 1.54) is 9.44 Å². The molecule has 0 spiro atoms. The first kappa shape index (κ1) is 18.0. The third kappa shape index (κ3) is 3.84. The second kappa shape index (κ2) is 7.70. The molecule has 3 heterocycles. The maximum Gasteiger partial charge on any atom is 0.419 e. The molecule has 6 nitrogen and oxygen atoms in total. The van der Waals surface area contributed by atoms with Crippen LogP contribution in [0.5, 0.6) is 0 Å². The van der Waals surface area contributed by atoms with Crippen molar-refractivity contribution in [3.8, 4) is 0 Å². The summed E-state index contributed by atoms with van der Waals surface area (Å²) in [5.41, 5.74) is 1.41. The van der Waals surface area contributed by atoms with Gasteiger partial charge in [-0.1, -0.05) is 12.1 Å². The lowest BCUT2D eigenvalue weighted by Crippen LogP contribution is -2.38. The van der Waals surface area contributed by atoms with Crippen LogP contribution in [0.1, 0.15) is 28.1 Å². The molecule has 1 N–H and O–H groups in total. The van der Waals surface area contributed by atoms with E-state index >= 15 is 0 Å². The summed E-state index contributed by atoms with van der Waals surface area (Å²) in [6.45, 7) is 3.79. The van der Waals surface area contributed by atoms with Crippen LogP contribution in [-0.4, -0.2) is 35.0 Å². The monoisotopic (exact) mass is 385 g/mol. The van der Waals surface area contributed by atoms with Gasteiger partial charge in [0.1, 0.15) is 0 Å². The number of likely N-dealkylation sites (tertiary alicyclic amines) is 1. The van der Waals surface area contributed by atoms with Gasteiger partial charge in [0, 0.05) is 25.0 Å². The van der Waals surface area contributed by atoms with Gasteiger partial charge in [-0.15, -0.1) is 11.3 Å². The number of aromatic nitrogens is 1. The van der Waals surface area contributed by atoms with Crippen molar-refractivity contribution in [1.82, 2.24) is 14.8 Å². The molecule has 4 rings (SSSR count). The van der Waals surface area contributed by atoms with Gasteiger partial charge in [0.15, 0.2) is 5.58 Å². The summed E-state index contributed by atoms with van der Waals surface area (Å²) in [5, 5.41) is 5.14. The highest BCUT2D eigenvalue weighted by Gasteiger charge is 2.21. The van der Waals surface area contributed by atoms with Crippen molar-refractivity contribution < 1.29 is 9.21 Å². The number of aryl methyl sites for hydroxylation is 1. The topological polar surface area (TPSA) is 67.5 Å². The highest BCUT2D eigenvalue weighted by Crippen LogP contribution is 2.21. The lowest BCUT2D eigenvalue weighted by Gasteiger charge is -2.31. The quantitative estimate of drug-likeness (QED) is 0.733. The van der Waals surface area contributed by atoms with Gasteiger partial charge >= 0.3 is 5.76 Å². The van der Waals surface area contributed by atoms with Gasteiger partial charge in [-0.2, -0.15) is 0 Å². The Morgan fingerprint density at radius 3 is 2.81 bits per heavy atom. The first-order chi connectivity index (χ1) is 13.1. The van der Waals surface area contributed by atoms with Gasteiger partial charge in [0.05, 0.1) is 11.1 Å². The predicted octanol–water partition coefficient (Wildman–Crippen LogP) is 2.84. The third-order valence-electron chi connectivity index (χ3n) is 5.28. The predicted molar refractivity (Wildman–Crippen MR) is 106 cm³/mol. The van der Waals surface area contributed by atoms with Crippen molar-refractivity contribution in [3.05, 3.63) is 56.7 Å². The zero-order chi connectivity index (χ0) is 18.8. The summed E-state index contributed by atoms with van der Waals surface area (Å²) in [6.07, 6.45) is 2.16. The summed E-state index contributed by atoms with van der Waals surface area (Å²) in [4.78, 5) is 28.2.